The number of likely N-dealkylation sites (tertiary alicyclic amines) is 2. The zero-order chi connectivity index (χ0) is 37.4. The van der Waals surface area contributed by atoms with Gasteiger partial charge in [-0.05, 0) is 68.6 Å². The fraction of sp³-hybridized carbons (Fsp3) is 0.341. The third kappa shape index (κ3) is 7.18. The molecule has 0 radical (unpaired) electrons. The molecule has 13 heteroatoms. The van der Waals surface area contributed by atoms with Crippen molar-refractivity contribution in [2.24, 2.45) is 5.92 Å². The third-order valence-electron chi connectivity index (χ3n) is 10.9. The lowest BCUT2D eigenvalue weighted by atomic mass is 9.79. The zero-order valence-corrected chi connectivity index (χ0v) is 31.1. The molecule has 0 unspecified atom stereocenters. The molecule has 278 valence electrons. The number of piperidine rings is 2. The highest BCUT2D eigenvalue weighted by molar-refractivity contribution is 7.15. The minimum atomic E-state index is -1.17. The SMILES string of the molecule is COc1cc(-n2ccc3c(=O)n(CC4(O)CCN(C(=O)[C@@H]5CCN(Cc6cnc(-c7ccc(C)nc7)s6)C[C@H]5c5ccccc5)CC4)cnc32)ccc1F. The second-order valence-electron chi connectivity index (χ2n) is 14.4. The third-order valence-corrected chi connectivity index (χ3v) is 11.9. The number of rotatable bonds is 9. The van der Waals surface area contributed by atoms with Gasteiger partial charge in [0.25, 0.3) is 5.56 Å². The molecule has 2 aromatic carbocycles. The van der Waals surface area contributed by atoms with Crippen LogP contribution in [0.3, 0.4) is 0 Å². The van der Waals surface area contributed by atoms with Crippen LogP contribution in [-0.4, -0.2) is 83.8 Å². The largest absolute Gasteiger partial charge is 0.494 e. The van der Waals surface area contributed by atoms with Crippen LogP contribution in [0.5, 0.6) is 5.75 Å². The van der Waals surface area contributed by atoms with E-state index in [0.717, 1.165) is 47.9 Å². The van der Waals surface area contributed by atoms with Gasteiger partial charge in [0.1, 0.15) is 11.3 Å². The van der Waals surface area contributed by atoms with E-state index >= 15 is 0 Å². The molecule has 0 saturated carbocycles. The Bertz CT molecular complexity index is 2330. The number of fused-ring (bicyclic) bond motifs is 1. The topological polar surface area (TPSA) is 119 Å². The van der Waals surface area contributed by atoms with E-state index in [1.165, 1.54) is 28.9 Å². The van der Waals surface area contributed by atoms with E-state index < -0.39 is 11.4 Å². The van der Waals surface area contributed by atoms with E-state index in [2.05, 4.69) is 38.1 Å². The van der Waals surface area contributed by atoms with Crippen LogP contribution >= 0.6 is 11.3 Å². The second kappa shape index (κ2) is 14.9. The van der Waals surface area contributed by atoms with Gasteiger partial charge >= 0.3 is 0 Å². The maximum absolute atomic E-state index is 14.2. The minimum Gasteiger partial charge on any atom is -0.494 e. The number of hydrogen-bond acceptors (Lipinski definition) is 9. The molecule has 0 aliphatic carbocycles. The highest BCUT2D eigenvalue weighted by atomic mass is 32.1. The number of amides is 1. The van der Waals surface area contributed by atoms with Crippen molar-refractivity contribution in [3.8, 4) is 22.0 Å². The molecular formula is C41H42FN7O4S. The number of methoxy groups -OCH3 is 1. The van der Waals surface area contributed by atoms with E-state index in [0.29, 0.717) is 42.7 Å². The lowest BCUT2D eigenvalue weighted by Gasteiger charge is -2.43. The highest BCUT2D eigenvalue weighted by Gasteiger charge is 2.41. The molecule has 2 fully saturated rings. The summed E-state index contributed by atoms with van der Waals surface area (Å²) < 4.78 is 22.3. The number of aromatic nitrogens is 5. The molecule has 2 aliphatic heterocycles. The summed E-state index contributed by atoms with van der Waals surface area (Å²) in [4.78, 5) is 47.0. The summed E-state index contributed by atoms with van der Waals surface area (Å²) in [5.41, 5.74) is 2.72. The number of aliphatic hydroxyl groups is 1. The number of hydrogen-bond donors (Lipinski definition) is 1. The first-order valence-corrected chi connectivity index (χ1v) is 19.1. The molecule has 6 heterocycles. The van der Waals surface area contributed by atoms with Gasteiger partial charge in [-0.25, -0.2) is 14.4 Å². The number of aryl methyl sites for hydroxylation is 1. The molecule has 11 nitrogen and oxygen atoms in total. The maximum Gasteiger partial charge on any atom is 0.262 e. The lowest BCUT2D eigenvalue weighted by molar-refractivity contribution is -0.142. The van der Waals surface area contributed by atoms with Crippen molar-refractivity contribution in [1.82, 2.24) is 33.9 Å². The predicted octanol–water partition coefficient (Wildman–Crippen LogP) is 5.82. The molecular weight excluding hydrogens is 706 g/mol. The Labute approximate surface area is 316 Å². The van der Waals surface area contributed by atoms with Crippen molar-refractivity contribution in [2.45, 2.75) is 50.8 Å². The van der Waals surface area contributed by atoms with Gasteiger partial charge < -0.3 is 19.3 Å². The Morgan fingerprint density at radius 1 is 1.02 bits per heavy atom. The van der Waals surface area contributed by atoms with E-state index in [9.17, 15) is 19.1 Å². The van der Waals surface area contributed by atoms with Gasteiger partial charge in [0.2, 0.25) is 5.91 Å². The van der Waals surface area contributed by atoms with Crippen molar-refractivity contribution in [1.29, 1.82) is 0 Å². The number of carbonyl (C=O) groups excluding carboxylic acids is 1. The number of pyridine rings is 1. The summed E-state index contributed by atoms with van der Waals surface area (Å²) in [6, 6.07) is 20.5. The summed E-state index contributed by atoms with van der Waals surface area (Å²) in [6.07, 6.45) is 8.40. The fourth-order valence-electron chi connectivity index (χ4n) is 7.85. The Balaban J connectivity index is 0.928. The molecule has 2 atom stereocenters. The number of benzene rings is 2. The molecule has 6 aromatic rings. The van der Waals surface area contributed by atoms with Gasteiger partial charge in [0, 0.05) is 78.8 Å². The average molecular weight is 748 g/mol. The van der Waals surface area contributed by atoms with Crippen molar-refractivity contribution >= 4 is 28.3 Å². The number of carbonyl (C=O) groups is 1. The molecule has 54 heavy (non-hydrogen) atoms. The number of thiazole rings is 1. The molecule has 1 amide bonds. The first-order chi connectivity index (χ1) is 26.2. The quantitative estimate of drug-likeness (QED) is 0.197. The van der Waals surface area contributed by atoms with Crippen LogP contribution in [0.25, 0.3) is 27.3 Å². The summed E-state index contributed by atoms with van der Waals surface area (Å²) >= 11 is 1.68. The van der Waals surface area contributed by atoms with Crippen molar-refractivity contribution in [3.63, 3.8) is 0 Å². The smallest absolute Gasteiger partial charge is 0.262 e. The van der Waals surface area contributed by atoms with E-state index in [1.807, 2.05) is 48.5 Å². The highest BCUT2D eigenvalue weighted by Crippen LogP contribution is 2.37. The Morgan fingerprint density at radius 3 is 2.59 bits per heavy atom. The van der Waals surface area contributed by atoms with Crippen LogP contribution in [0.4, 0.5) is 4.39 Å². The van der Waals surface area contributed by atoms with Gasteiger partial charge in [-0.3, -0.25) is 24.0 Å². The summed E-state index contributed by atoms with van der Waals surface area (Å²) in [6.45, 7) is 5.17. The normalized spacial score (nSPS) is 18.9. The van der Waals surface area contributed by atoms with Crippen molar-refractivity contribution in [3.05, 3.63) is 124 Å². The Kier molecular flexibility index (Phi) is 9.86. The molecule has 2 saturated heterocycles. The first-order valence-electron chi connectivity index (χ1n) is 18.2. The van der Waals surface area contributed by atoms with E-state index in [1.54, 1.807) is 40.3 Å². The van der Waals surface area contributed by atoms with Crippen molar-refractivity contribution in [2.75, 3.05) is 33.3 Å². The van der Waals surface area contributed by atoms with Crippen LogP contribution in [0.1, 0.15) is 41.3 Å². The Hall–Kier alpha value is -5.24. The van der Waals surface area contributed by atoms with Crippen molar-refractivity contribution < 1.29 is 19.0 Å². The molecule has 4 aromatic heterocycles. The molecule has 1 N–H and O–H groups in total. The first kappa shape index (κ1) is 35.8. The van der Waals surface area contributed by atoms with Gasteiger partial charge in [-0.15, -0.1) is 11.3 Å². The van der Waals surface area contributed by atoms with Gasteiger partial charge in [0.05, 0.1) is 30.3 Å². The number of halogens is 1. The van der Waals surface area contributed by atoms with Crippen LogP contribution in [0, 0.1) is 18.7 Å². The number of nitrogens with zero attached hydrogens (tertiary/aromatic N) is 7. The van der Waals surface area contributed by atoms with Gasteiger partial charge in [-0.1, -0.05) is 30.3 Å². The zero-order valence-electron chi connectivity index (χ0n) is 30.3. The summed E-state index contributed by atoms with van der Waals surface area (Å²) in [5.74, 6) is -0.415. The summed E-state index contributed by atoms with van der Waals surface area (Å²) in [7, 11) is 1.40. The second-order valence-corrected chi connectivity index (χ2v) is 15.6. The molecule has 0 bridgehead atoms. The van der Waals surface area contributed by atoms with Gasteiger partial charge in [-0.2, -0.15) is 0 Å². The van der Waals surface area contributed by atoms with Crippen LogP contribution in [0.2, 0.25) is 0 Å². The van der Waals surface area contributed by atoms with E-state index in [4.69, 9.17) is 4.74 Å². The molecule has 0 spiro atoms. The van der Waals surface area contributed by atoms with Gasteiger partial charge in [0.15, 0.2) is 17.2 Å². The lowest BCUT2D eigenvalue weighted by Crippen LogP contribution is -2.53. The Morgan fingerprint density at radius 2 is 1.83 bits per heavy atom. The fourth-order valence-corrected chi connectivity index (χ4v) is 8.80. The van der Waals surface area contributed by atoms with Crippen LogP contribution < -0.4 is 10.3 Å². The summed E-state index contributed by atoms with van der Waals surface area (Å²) in [5, 5.41) is 13.0. The van der Waals surface area contributed by atoms with Crippen LogP contribution in [-0.2, 0) is 17.9 Å². The maximum atomic E-state index is 14.2. The number of ether oxygens (including phenoxy) is 1. The van der Waals surface area contributed by atoms with Crippen LogP contribution in [0.15, 0.2) is 96.4 Å². The molecule has 2 aliphatic rings. The average Bonchev–Trinajstić information content (AvgIpc) is 3.85. The standard InChI is InChI=1S/C41H42FN7O4S/c1-27-8-9-29(21-43-27)38-44-22-31(54-38)23-46-16-12-32(34(24-46)28-6-4-3-5-7-28)39(50)47-18-14-41(52,15-19-47)25-48-26-45-37-33(40(48)51)13-17-49(37)30-10-11-35(42)36(20-30)53-2/h3-11,13,17,20-22,26,32,34,52H,12,14-16,18-19,23-25H2,1-2H3/t32-,34+/m1/s1. The van der Waals surface area contributed by atoms with E-state index in [-0.39, 0.29) is 35.6 Å². The predicted molar refractivity (Wildman–Crippen MR) is 205 cm³/mol. The minimum absolute atomic E-state index is 0.0293. The molecule has 8 rings (SSSR count). The monoisotopic (exact) mass is 747 g/mol.